The van der Waals surface area contributed by atoms with Gasteiger partial charge in [0.05, 0.1) is 12.0 Å². The number of ether oxygens (including phenoxy) is 1. The molecule has 0 aliphatic heterocycles. The maximum Gasteiger partial charge on any atom is 0.311 e. The first-order chi connectivity index (χ1) is 12.1. The van der Waals surface area contributed by atoms with E-state index in [2.05, 4.69) is 0 Å². The fourth-order valence-corrected chi connectivity index (χ4v) is 3.97. The molecule has 0 amide bonds. The van der Waals surface area contributed by atoms with E-state index < -0.39 is 20.4 Å². The third kappa shape index (κ3) is 3.96. The quantitative estimate of drug-likeness (QED) is 0.566. The number of nitro groups is 1. The van der Waals surface area contributed by atoms with Gasteiger partial charge in [-0.3, -0.25) is 10.1 Å². The SMILES string of the molecule is COc1c(C)cc(CN(C)c2cccc(S(C)(=O)=O)c2[N+](=O)[O-])cc1C. The molecule has 0 bridgehead atoms. The molecular weight excluding hydrogens is 356 g/mol. The van der Waals surface area contributed by atoms with Gasteiger partial charge in [0.25, 0.3) is 0 Å². The molecule has 0 unspecified atom stereocenters. The minimum atomic E-state index is -3.71. The smallest absolute Gasteiger partial charge is 0.311 e. The summed E-state index contributed by atoms with van der Waals surface area (Å²) in [5, 5.41) is 11.5. The Morgan fingerprint density at radius 1 is 1.19 bits per heavy atom. The molecule has 0 aromatic heterocycles. The van der Waals surface area contributed by atoms with Crippen LogP contribution in [0.15, 0.2) is 35.2 Å². The first kappa shape index (κ1) is 19.7. The van der Waals surface area contributed by atoms with Gasteiger partial charge in [-0.25, -0.2) is 8.42 Å². The van der Waals surface area contributed by atoms with Crippen LogP contribution >= 0.6 is 0 Å². The van der Waals surface area contributed by atoms with E-state index in [1.807, 2.05) is 26.0 Å². The van der Waals surface area contributed by atoms with Gasteiger partial charge in [-0.05, 0) is 42.7 Å². The van der Waals surface area contributed by atoms with Crippen LogP contribution in [-0.2, 0) is 16.4 Å². The predicted molar refractivity (Wildman–Crippen MR) is 101 cm³/mol. The van der Waals surface area contributed by atoms with E-state index in [1.165, 1.54) is 12.1 Å². The molecular formula is C18H22N2O5S. The molecule has 26 heavy (non-hydrogen) atoms. The average molecular weight is 378 g/mol. The van der Waals surface area contributed by atoms with Crippen LogP contribution < -0.4 is 9.64 Å². The number of methoxy groups -OCH3 is 1. The first-order valence-electron chi connectivity index (χ1n) is 7.89. The highest BCUT2D eigenvalue weighted by Crippen LogP contribution is 2.35. The van der Waals surface area contributed by atoms with E-state index in [9.17, 15) is 18.5 Å². The number of rotatable bonds is 6. The molecule has 0 radical (unpaired) electrons. The summed E-state index contributed by atoms with van der Waals surface area (Å²) in [7, 11) is -0.405. The lowest BCUT2D eigenvalue weighted by Crippen LogP contribution is -2.19. The van der Waals surface area contributed by atoms with Crippen LogP contribution in [0.25, 0.3) is 0 Å². The van der Waals surface area contributed by atoms with E-state index in [0.29, 0.717) is 6.54 Å². The number of nitro benzene ring substituents is 1. The minimum absolute atomic E-state index is 0.254. The number of benzene rings is 2. The number of hydrogen-bond acceptors (Lipinski definition) is 6. The molecule has 0 fully saturated rings. The fourth-order valence-electron chi connectivity index (χ4n) is 3.11. The number of hydrogen-bond donors (Lipinski definition) is 0. The molecule has 0 spiro atoms. The van der Waals surface area contributed by atoms with Crippen LogP contribution in [0, 0.1) is 24.0 Å². The zero-order chi connectivity index (χ0) is 19.6. The van der Waals surface area contributed by atoms with Crippen molar-refractivity contribution in [1.82, 2.24) is 0 Å². The minimum Gasteiger partial charge on any atom is -0.496 e. The number of anilines is 1. The maximum atomic E-state index is 11.9. The van der Waals surface area contributed by atoms with Crippen LogP contribution in [0.1, 0.15) is 16.7 Å². The molecule has 0 saturated heterocycles. The number of aryl methyl sites for hydroxylation is 2. The summed E-state index contributed by atoms with van der Waals surface area (Å²) in [5.74, 6) is 0.807. The third-order valence-corrected chi connectivity index (χ3v) is 5.24. The highest BCUT2D eigenvalue weighted by Gasteiger charge is 2.27. The van der Waals surface area contributed by atoms with Crippen LogP contribution in [0.3, 0.4) is 0 Å². The van der Waals surface area contributed by atoms with E-state index in [4.69, 9.17) is 4.74 Å². The summed E-state index contributed by atoms with van der Waals surface area (Å²) in [6.07, 6.45) is 0.968. The monoisotopic (exact) mass is 378 g/mol. The second-order valence-corrected chi connectivity index (χ2v) is 8.26. The van der Waals surface area contributed by atoms with Gasteiger partial charge in [-0.15, -0.1) is 0 Å². The van der Waals surface area contributed by atoms with Gasteiger partial charge >= 0.3 is 5.69 Å². The molecule has 2 aromatic rings. The Balaban J connectivity index is 2.48. The van der Waals surface area contributed by atoms with Gasteiger partial charge in [0, 0.05) is 19.8 Å². The van der Waals surface area contributed by atoms with Gasteiger partial charge in [-0.2, -0.15) is 0 Å². The van der Waals surface area contributed by atoms with E-state index in [0.717, 1.165) is 28.7 Å². The average Bonchev–Trinajstić information content (AvgIpc) is 2.52. The van der Waals surface area contributed by atoms with Crippen molar-refractivity contribution in [3.63, 3.8) is 0 Å². The summed E-state index contributed by atoms with van der Waals surface area (Å²) in [5.41, 5.74) is 2.73. The van der Waals surface area contributed by atoms with Crippen LogP contribution in [0.4, 0.5) is 11.4 Å². The van der Waals surface area contributed by atoms with Gasteiger partial charge < -0.3 is 9.64 Å². The summed E-state index contributed by atoms with van der Waals surface area (Å²) in [6, 6.07) is 8.23. The summed E-state index contributed by atoms with van der Waals surface area (Å²) in [4.78, 5) is 12.3. The van der Waals surface area contributed by atoms with Crippen molar-refractivity contribution >= 4 is 21.2 Å². The second-order valence-electron chi connectivity index (χ2n) is 6.27. The third-order valence-electron chi connectivity index (χ3n) is 4.11. The molecule has 0 atom stereocenters. The summed E-state index contributed by atoms with van der Waals surface area (Å²) < 4.78 is 29.2. The van der Waals surface area contributed by atoms with Crippen molar-refractivity contribution in [2.45, 2.75) is 25.3 Å². The standard InChI is InChI=1S/C18H22N2O5S/c1-12-9-14(10-13(2)18(12)25-4)11-19(3)15-7-6-8-16(26(5,23)24)17(15)20(21)22/h6-10H,11H2,1-5H3. The second kappa shape index (κ2) is 7.33. The van der Waals surface area contributed by atoms with Crippen molar-refractivity contribution < 1.29 is 18.1 Å². The zero-order valence-electron chi connectivity index (χ0n) is 15.4. The first-order valence-corrected chi connectivity index (χ1v) is 9.78. The molecule has 0 aliphatic rings. The maximum absolute atomic E-state index is 11.9. The van der Waals surface area contributed by atoms with E-state index in [1.54, 1.807) is 25.1 Å². The van der Waals surface area contributed by atoms with Crippen LogP contribution in [-0.4, -0.2) is 33.8 Å². The fraction of sp³-hybridized carbons (Fsp3) is 0.333. The Morgan fingerprint density at radius 2 is 1.77 bits per heavy atom. The van der Waals surface area contributed by atoms with E-state index in [-0.39, 0.29) is 10.6 Å². The number of para-hydroxylation sites is 1. The lowest BCUT2D eigenvalue weighted by molar-refractivity contribution is -0.387. The van der Waals surface area contributed by atoms with Crippen molar-refractivity contribution in [2.75, 3.05) is 25.3 Å². The lowest BCUT2D eigenvalue weighted by atomic mass is 10.0. The molecule has 0 N–H and O–H groups in total. The highest BCUT2D eigenvalue weighted by atomic mass is 32.2. The predicted octanol–water partition coefficient (Wildman–Crippen LogP) is 3.26. The van der Waals surface area contributed by atoms with Crippen molar-refractivity contribution in [1.29, 1.82) is 0 Å². The number of nitrogens with zero attached hydrogens (tertiary/aromatic N) is 2. The highest BCUT2D eigenvalue weighted by molar-refractivity contribution is 7.90. The van der Waals surface area contributed by atoms with Gasteiger partial charge in [0.15, 0.2) is 9.84 Å². The Kier molecular flexibility index (Phi) is 5.56. The lowest BCUT2D eigenvalue weighted by Gasteiger charge is -2.21. The Bertz CT molecular complexity index is 931. The van der Waals surface area contributed by atoms with Crippen molar-refractivity contribution in [3.05, 3.63) is 57.1 Å². The Morgan fingerprint density at radius 3 is 2.23 bits per heavy atom. The summed E-state index contributed by atoms with van der Waals surface area (Å²) >= 11 is 0. The van der Waals surface area contributed by atoms with Crippen molar-refractivity contribution in [3.8, 4) is 5.75 Å². The topological polar surface area (TPSA) is 89.8 Å². The zero-order valence-corrected chi connectivity index (χ0v) is 16.3. The van der Waals surface area contributed by atoms with Crippen molar-refractivity contribution in [2.24, 2.45) is 0 Å². The molecule has 0 heterocycles. The molecule has 8 heteroatoms. The molecule has 7 nitrogen and oxygen atoms in total. The van der Waals surface area contributed by atoms with Gasteiger partial charge in [0.2, 0.25) is 0 Å². The van der Waals surface area contributed by atoms with Gasteiger partial charge in [0.1, 0.15) is 16.3 Å². The van der Waals surface area contributed by atoms with Crippen LogP contribution in [0.2, 0.25) is 0 Å². The summed E-state index contributed by atoms with van der Waals surface area (Å²) in [6.45, 7) is 4.25. The molecule has 2 rings (SSSR count). The Labute approximate surface area is 153 Å². The van der Waals surface area contributed by atoms with Crippen LogP contribution in [0.5, 0.6) is 5.75 Å². The largest absolute Gasteiger partial charge is 0.496 e. The van der Waals surface area contributed by atoms with E-state index >= 15 is 0 Å². The van der Waals surface area contributed by atoms with Gasteiger partial charge in [-0.1, -0.05) is 18.2 Å². The molecule has 0 saturated carbocycles. The normalized spacial score (nSPS) is 11.3. The molecule has 2 aromatic carbocycles. The molecule has 0 aliphatic carbocycles. The number of sulfone groups is 1. The molecule has 140 valence electrons. The Hall–Kier alpha value is -2.61.